The second-order valence-corrected chi connectivity index (χ2v) is 4.57. The Bertz CT molecular complexity index is 378. The molecule has 0 spiro atoms. The molecule has 2 unspecified atom stereocenters. The lowest BCUT2D eigenvalue weighted by molar-refractivity contribution is 0.144. The molecule has 2 nitrogen and oxygen atoms in total. The van der Waals surface area contributed by atoms with Gasteiger partial charge in [0.05, 0.1) is 6.10 Å². The van der Waals surface area contributed by atoms with E-state index in [0.717, 1.165) is 37.9 Å². The van der Waals surface area contributed by atoms with Gasteiger partial charge in [0.1, 0.15) is 0 Å². The average molecular weight is 241 g/mol. The number of piperidine rings is 1. The van der Waals surface area contributed by atoms with Crippen LogP contribution in [0.25, 0.3) is 0 Å². The molecule has 0 radical (unpaired) electrons. The van der Waals surface area contributed by atoms with Crippen molar-refractivity contribution in [3.63, 3.8) is 0 Å². The number of hydrogen-bond donors (Lipinski definition) is 2. The quantitative estimate of drug-likeness (QED) is 0.852. The van der Waals surface area contributed by atoms with Gasteiger partial charge in [-0.25, -0.2) is 8.78 Å². The van der Waals surface area contributed by atoms with Crippen molar-refractivity contribution in [1.29, 1.82) is 0 Å². The van der Waals surface area contributed by atoms with Crippen LogP contribution in [-0.2, 0) is 0 Å². The molecule has 0 amide bonds. The molecule has 1 aromatic carbocycles. The summed E-state index contributed by atoms with van der Waals surface area (Å²) in [5.41, 5.74) is 0.441. The van der Waals surface area contributed by atoms with Crippen LogP contribution in [0.4, 0.5) is 8.78 Å². The second kappa shape index (κ2) is 5.56. The molecule has 0 aliphatic carbocycles. The number of halogens is 2. The zero-order valence-corrected chi connectivity index (χ0v) is 9.63. The first-order valence-corrected chi connectivity index (χ1v) is 6.03. The SMILES string of the molecule is OC(CC1CCCCN1)c1ccc(F)c(F)c1. The lowest BCUT2D eigenvalue weighted by atomic mass is 9.96. The summed E-state index contributed by atoms with van der Waals surface area (Å²) in [7, 11) is 0. The smallest absolute Gasteiger partial charge is 0.159 e. The maximum atomic E-state index is 13.0. The summed E-state index contributed by atoms with van der Waals surface area (Å²) in [6, 6.07) is 3.84. The highest BCUT2D eigenvalue weighted by atomic mass is 19.2. The van der Waals surface area contributed by atoms with Crippen molar-refractivity contribution in [3.05, 3.63) is 35.4 Å². The standard InChI is InChI=1S/C13H17F2NO/c14-11-5-4-9(7-12(11)15)13(17)8-10-3-1-2-6-16-10/h4-5,7,10,13,16-17H,1-3,6,8H2. The lowest BCUT2D eigenvalue weighted by Crippen LogP contribution is -2.35. The van der Waals surface area contributed by atoms with Crippen molar-refractivity contribution in [2.45, 2.75) is 37.8 Å². The molecule has 1 fully saturated rings. The Labute approximate surface area is 99.7 Å². The van der Waals surface area contributed by atoms with Gasteiger partial charge in [0.25, 0.3) is 0 Å². The molecule has 1 aromatic rings. The zero-order chi connectivity index (χ0) is 12.3. The predicted octanol–water partition coefficient (Wildman–Crippen LogP) is 2.53. The monoisotopic (exact) mass is 241 g/mol. The van der Waals surface area contributed by atoms with Crippen molar-refractivity contribution in [2.24, 2.45) is 0 Å². The summed E-state index contributed by atoms with van der Waals surface area (Å²) in [6.45, 7) is 0.967. The van der Waals surface area contributed by atoms with E-state index in [9.17, 15) is 13.9 Å². The summed E-state index contributed by atoms with van der Waals surface area (Å²) in [5.74, 6) is -1.78. The topological polar surface area (TPSA) is 32.3 Å². The molecular weight excluding hydrogens is 224 g/mol. The van der Waals surface area contributed by atoms with E-state index in [-0.39, 0.29) is 6.04 Å². The fourth-order valence-corrected chi connectivity index (χ4v) is 2.25. The van der Waals surface area contributed by atoms with E-state index in [1.165, 1.54) is 6.07 Å². The Hall–Kier alpha value is -1.00. The molecule has 4 heteroatoms. The fourth-order valence-electron chi connectivity index (χ4n) is 2.25. The molecule has 17 heavy (non-hydrogen) atoms. The molecule has 1 aliphatic rings. The Morgan fingerprint density at radius 1 is 1.29 bits per heavy atom. The summed E-state index contributed by atoms with van der Waals surface area (Å²) in [4.78, 5) is 0. The normalized spacial score (nSPS) is 22.4. The van der Waals surface area contributed by atoms with Crippen LogP contribution < -0.4 is 5.32 Å². The number of rotatable bonds is 3. The molecule has 1 heterocycles. The van der Waals surface area contributed by atoms with Gasteiger partial charge in [0.15, 0.2) is 11.6 Å². The van der Waals surface area contributed by atoms with Gasteiger partial charge < -0.3 is 10.4 Å². The van der Waals surface area contributed by atoms with Crippen molar-refractivity contribution >= 4 is 0 Å². The lowest BCUT2D eigenvalue weighted by Gasteiger charge is -2.25. The maximum Gasteiger partial charge on any atom is 0.159 e. The molecule has 2 rings (SSSR count). The third-order valence-electron chi connectivity index (χ3n) is 3.25. The van der Waals surface area contributed by atoms with Crippen LogP contribution in [0.1, 0.15) is 37.4 Å². The summed E-state index contributed by atoms with van der Waals surface area (Å²) >= 11 is 0. The maximum absolute atomic E-state index is 13.0. The average Bonchev–Trinajstić information content (AvgIpc) is 2.34. The fraction of sp³-hybridized carbons (Fsp3) is 0.538. The van der Waals surface area contributed by atoms with E-state index in [1.807, 2.05) is 0 Å². The first-order valence-electron chi connectivity index (χ1n) is 6.03. The van der Waals surface area contributed by atoms with Gasteiger partial charge in [-0.2, -0.15) is 0 Å². The molecule has 0 saturated carbocycles. The minimum absolute atomic E-state index is 0.270. The molecule has 0 bridgehead atoms. The number of benzene rings is 1. The van der Waals surface area contributed by atoms with Crippen LogP contribution in [0.2, 0.25) is 0 Å². The van der Waals surface area contributed by atoms with Gasteiger partial charge in [0, 0.05) is 6.04 Å². The van der Waals surface area contributed by atoms with Crippen LogP contribution in [-0.4, -0.2) is 17.7 Å². The highest BCUT2D eigenvalue weighted by Gasteiger charge is 2.18. The van der Waals surface area contributed by atoms with Crippen molar-refractivity contribution < 1.29 is 13.9 Å². The predicted molar refractivity (Wildman–Crippen MR) is 61.6 cm³/mol. The van der Waals surface area contributed by atoms with Crippen LogP contribution >= 0.6 is 0 Å². The van der Waals surface area contributed by atoms with E-state index in [0.29, 0.717) is 12.0 Å². The van der Waals surface area contributed by atoms with Crippen LogP contribution in [0.5, 0.6) is 0 Å². The van der Waals surface area contributed by atoms with Gasteiger partial charge in [0.2, 0.25) is 0 Å². The highest BCUT2D eigenvalue weighted by molar-refractivity contribution is 5.20. The van der Waals surface area contributed by atoms with Crippen LogP contribution in [0.15, 0.2) is 18.2 Å². The van der Waals surface area contributed by atoms with E-state index < -0.39 is 17.7 Å². The first-order chi connectivity index (χ1) is 8.16. The van der Waals surface area contributed by atoms with Gasteiger partial charge in [-0.05, 0) is 43.5 Å². The zero-order valence-electron chi connectivity index (χ0n) is 9.63. The molecule has 94 valence electrons. The summed E-state index contributed by atoms with van der Waals surface area (Å²) < 4.78 is 25.8. The van der Waals surface area contributed by atoms with E-state index in [1.54, 1.807) is 0 Å². The molecule has 2 N–H and O–H groups in total. The van der Waals surface area contributed by atoms with Crippen LogP contribution in [0.3, 0.4) is 0 Å². The highest BCUT2D eigenvalue weighted by Crippen LogP contribution is 2.23. The Balaban J connectivity index is 1.98. The van der Waals surface area contributed by atoms with Crippen molar-refractivity contribution in [3.8, 4) is 0 Å². The molecule has 0 aromatic heterocycles. The summed E-state index contributed by atoms with van der Waals surface area (Å²) in [6.07, 6.45) is 3.16. The second-order valence-electron chi connectivity index (χ2n) is 4.57. The minimum Gasteiger partial charge on any atom is -0.388 e. The van der Waals surface area contributed by atoms with Gasteiger partial charge in [-0.1, -0.05) is 12.5 Å². The number of hydrogen-bond acceptors (Lipinski definition) is 2. The first kappa shape index (κ1) is 12.5. The van der Waals surface area contributed by atoms with Gasteiger partial charge in [-0.3, -0.25) is 0 Å². The van der Waals surface area contributed by atoms with E-state index in [4.69, 9.17) is 0 Å². The summed E-state index contributed by atoms with van der Waals surface area (Å²) in [5, 5.41) is 13.3. The molecule has 1 saturated heterocycles. The van der Waals surface area contributed by atoms with Gasteiger partial charge >= 0.3 is 0 Å². The van der Waals surface area contributed by atoms with Crippen molar-refractivity contribution in [2.75, 3.05) is 6.54 Å². The van der Waals surface area contributed by atoms with E-state index in [2.05, 4.69) is 5.32 Å². The number of aliphatic hydroxyl groups excluding tert-OH is 1. The minimum atomic E-state index is -0.904. The Morgan fingerprint density at radius 2 is 2.12 bits per heavy atom. The largest absolute Gasteiger partial charge is 0.388 e. The van der Waals surface area contributed by atoms with Crippen LogP contribution in [0, 0.1) is 11.6 Å². The molecular formula is C13H17F2NO. The van der Waals surface area contributed by atoms with E-state index >= 15 is 0 Å². The number of nitrogens with one attached hydrogen (secondary N) is 1. The molecule has 1 aliphatic heterocycles. The third kappa shape index (κ3) is 3.23. The van der Waals surface area contributed by atoms with Crippen molar-refractivity contribution in [1.82, 2.24) is 5.32 Å². The van der Waals surface area contributed by atoms with Gasteiger partial charge in [-0.15, -0.1) is 0 Å². The Morgan fingerprint density at radius 3 is 2.76 bits per heavy atom. The number of aliphatic hydroxyl groups is 1. The molecule has 2 atom stereocenters. The Kier molecular flexibility index (Phi) is 4.07. The third-order valence-corrected chi connectivity index (χ3v) is 3.25.